The smallest absolute Gasteiger partial charge is 0.265 e. The molecule has 0 N–H and O–H groups in total. The largest absolute Gasteiger partial charge is 0.271 e. The first-order valence-electron chi connectivity index (χ1n) is 4.49. The van der Waals surface area contributed by atoms with E-state index in [0.29, 0.717) is 11.8 Å². The minimum Gasteiger partial charge on any atom is -0.271 e. The Morgan fingerprint density at radius 3 is 2.62 bits per heavy atom. The number of carbonyl (C=O) groups excluding carboxylic acids is 1. The molecule has 72 valence electrons. The minimum atomic E-state index is -0.171. The molecule has 1 rings (SSSR count). The van der Waals surface area contributed by atoms with E-state index in [4.69, 9.17) is 0 Å². The number of halogens is 1. The molecule has 1 unspecified atom stereocenters. The van der Waals surface area contributed by atoms with Crippen LogP contribution in [-0.4, -0.2) is 21.9 Å². The van der Waals surface area contributed by atoms with Crippen molar-refractivity contribution in [2.45, 2.75) is 30.6 Å². The van der Waals surface area contributed by atoms with E-state index in [1.54, 1.807) is 6.21 Å². The Morgan fingerprint density at radius 2 is 2.15 bits per heavy atom. The second-order valence-corrected chi connectivity index (χ2v) is 4.34. The molecule has 0 aromatic rings. The minimum absolute atomic E-state index is 0.0718. The number of nitrogens with zero attached hydrogens (tertiary/aromatic N) is 2. The van der Waals surface area contributed by atoms with Gasteiger partial charge in [0.2, 0.25) is 0 Å². The zero-order valence-corrected chi connectivity index (χ0v) is 9.98. The molecule has 0 aromatic carbocycles. The Kier molecular flexibility index (Phi) is 4.02. The lowest BCUT2D eigenvalue weighted by molar-refractivity contribution is -0.116. The van der Waals surface area contributed by atoms with Crippen molar-refractivity contribution in [3.63, 3.8) is 0 Å². The predicted molar refractivity (Wildman–Crippen MR) is 62.8 cm³/mol. The molecule has 3 nitrogen and oxygen atoms in total. The van der Waals surface area contributed by atoms with E-state index in [-0.39, 0.29) is 9.83 Å². The third-order valence-corrected chi connectivity index (χ3v) is 3.00. The molecule has 0 saturated heterocycles. The highest BCUT2D eigenvalue weighted by Crippen LogP contribution is 2.15. The van der Waals surface area contributed by atoms with Crippen LogP contribution in [0.1, 0.15) is 26.7 Å². The summed E-state index contributed by atoms with van der Waals surface area (Å²) >= 11 is 2.03. The topological polar surface area (TPSA) is 41.8 Å². The summed E-state index contributed by atoms with van der Waals surface area (Å²) in [6, 6.07) is 0. The standard InChI is InChI=1S/C9H13IN2O/c1-3-6(4-2)8-11-5-7(10)9(13)12-8/h5-7H,3-4H2,1-2H3. The summed E-state index contributed by atoms with van der Waals surface area (Å²) in [5, 5.41) is 0. The maximum Gasteiger partial charge on any atom is 0.265 e. The van der Waals surface area contributed by atoms with E-state index in [2.05, 4.69) is 23.8 Å². The number of hydrogen-bond acceptors (Lipinski definition) is 2. The second kappa shape index (κ2) is 4.83. The number of rotatable bonds is 3. The van der Waals surface area contributed by atoms with E-state index in [0.717, 1.165) is 12.8 Å². The Labute approximate surface area is 91.9 Å². The summed E-state index contributed by atoms with van der Waals surface area (Å²) in [5.41, 5.74) is 0. The van der Waals surface area contributed by atoms with Crippen molar-refractivity contribution in [2.24, 2.45) is 15.9 Å². The first kappa shape index (κ1) is 10.8. The summed E-state index contributed by atoms with van der Waals surface area (Å²) in [7, 11) is 0. The van der Waals surface area contributed by atoms with Gasteiger partial charge in [0.1, 0.15) is 9.76 Å². The van der Waals surface area contributed by atoms with Gasteiger partial charge >= 0.3 is 0 Å². The van der Waals surface area contributed by atoms with Crippen LogP contribution in [0.15, 0.2) is 9.98 Å². The van der Waals surface area contributed by atoms with Crippen LogP contribution in [0.25, 0.3) is 0 Å². The molecule has 1 heterocycles. The van der Waals surface area contributed by atoms with Crippen LogP contribution in [0.3, 0.4) is 0 Å². The summed E-state index contributed by atoms with van der Waals surface area (Å²) in [6.07, 6.45) is 3.67. The molecule has 1 aliphatic rings. The van der Waals surface area contributed by atoms with Crippen molar-refractivity contribution in [1.82, 2.24) is 0 Å². The Hall–Kier alpha value is -0.260. The summed E-state index contributed by atoms with van der Waals surface area (Å²) < 4.78 is -0.171. The number of amides is 1. The van der Waals surface area contributed by atoms with Gasteiger partial charge < -0.3 is 0 Å². The Balaban J connectivity index is 2.77. The van der Waals surface area contributed by atoms with Crippen LogP contribution in [0.4, 0.5) is 0 Å². The lowest BCUT2D eigenvalue weighted by Crippen LogP contribution is -2.24. The third kappa shape index (κ3) is 2.59. The van der Waals surface area contributed by atoms with Gasteiger partial charge in [0, 0.05) is 12.1 Å². The van der Waals surface area contributed by atoms with Crippen molar-refractivity contribution in [1.29, 1.82) is 0 Å². The van der Waals surface area contributed by atoms with Crippen LogP contribution < -0.4 is 0 Å². The molecule has 13 heavy (non-hydrogen) atoms. The average Bonchev–Trinajstić information content (AvgIpc) is 2.13. The van der Waals surface area contributed by atoms with Gasteiger partial charge in [-0.3, -0.25) is 4.79 Å². The van der Waals surface area contributed by atoms with Crippen molar-refractivity contribution >= 4 is 40.5 Å². The maximum atomic E-state index is 11.3. The molecule has 1 aliphatic heterocycles. The molecule has 0 bridgehead atoms. The molecule has 0 saturated carbocycles. The number of hydrogen-bond donors (Lipinski definition) is 0. The predicted octanol–water partition coefficient (Wildman–Crippen LogP) is 2.24. The van der Waals surface area contributed by atoms with E-state index < -0.39 is 0 Å². The fourth-order valence-electron chi connectivity index (χ4n) is 1.26. The molecular weight excluding hydrogens is 279 g/mol. The van der Waals surface area contributed by atoms with Gasteiger partial charge in [0.25, 0.3) is 5.91 Å². The van der Waals surface area contributed by atoms with E-state index >= 15 is 0 Å². The van der Waals surface area contributed by atoms with Gasteiger partial charge in [0.15, 0.2) is 0 Å². The summed E-state index contributed by atoms with van der Waals surface area (Å²) in [4.78, 5) is 19.4. The molecule has 4 heteroatoms. The molecule has 0 radical (unpaired) electrons. The molecule has 1 atom stereocenters. The molecule has 0 fully saturated rings. The molecular formula is C9H13IN2O. The van der Waals surface area contributed by atoms with Crippen LogP contribution in [-0.2, 0) is 4.79 Å². The van der Waals surface area contributed by atoms with Crippen LogP contribution in [0.2, 0.25) is 0 Å². The molecule has 1 amide bonds. The number of aliphatic imine (C=N–C) groups is 2. The van der Waals surface area contributed by atoms with E-state index in [1.165, 1.54) is 0 Å². The van der Waals surface area contributed by atoms with Crippen molar-refractivity contribution in [3.05, 3.63) is 0 Å². The lowest BCUT2D eigenvalue weighted by atomic mass is 10.0. The zero-order chi connectivity index (χ0) is 9.84. The number of carbonyl (C=O) groups is 1. The van der Waals surface area contributed by atoms with Crippen molar-refractivity contribution in [2.75, 3.05) is 0 Å². The Morgan fingerprint density at radius 1 is 1.54 bits per heavy atom. The van der Waals surface area contributed by atoms with Gasteiger partial charge in [-0.15, -0.1) is 0 Å². The van der Waals surface area contributed by atoms with Crippen molar-refractivity contribution < 1.29 is 4.79 Å². The van der Waals surface area contributed by atoms with Crippen LogP contribution >= 0.6 is 22.6 Å². The normalized spacial score (nSPS) is 22.3. The lowest BCUT2D eigenvalue weighted by Gasteiger charge is -2.14. The zero-order valence-electron chi connectivity index (χ0n) is 7.83. The van der Waals surface area contributed by atoms with Gasteiger partial charge in [-0.2, -0.15) is 4.99 Å². The van der Waals surface area contributed by atoms with E-state index in [9.17, 15) is 4.79 Å². The fourth-order valence-corrected chi connectivity index (χ4v) is 1.56. The quantitative estimate of drug-likeness (QED) is 0.581. The second-order valence-electron chi connectivity index (χ2n) is 3.00. The monoisotopic (exact) mass is 292 g/mol. The number of amidine groups is 1. The maximum absolute atomic E-state index is 11.3. The third-order valence-electron chi connectivity index (χ3n) is 2.15. The van der Waals surface area contributed by atoms with Gasteiger partial charge in [-0.1, -0.05) is 36.4 Å². The first-order chi connectivity index (χ1) is 6.19. The highest BCUT2D eigenvalue weighted by Gasteiger charge is 2.20. The van der Waals surface area contributed by atoms with Crippen LogP contribution in [0, 0.1) is 5.92 Å². The molecule has 0 aliphatic carbocycles. The van der Waals surface area contributed by atoms with Gasteiger partial charge in [0.05, 0.1) is 0 Å². The molecule has 0 aromatic heterocycles. The number of alkyl halides is 1. The summed E-state index contributed by atoms with van der Waals surface area (Å²) in [6.45, 7) is 4.18. The van der Waals surface area contributed by atoms with E-state index in [1.807, 2.05) is 22.6 Å². The van der Waals surface area contributed by atoms with Crippen LogP contribution in [0.5, 0.6) is 0 Å². The van der Waals surface area contributed by atoms with Crippen molar-refractivity contribution in [3.8, 4) is 0 Å². The first-order valence-corrected chi connectivity index (χ1v) is 5.74. The Bertz CT molecular complexity index is 256. The SMILES string of the molecule is CCC(CC)C1=NC(=O)C(I)C=N1. The van der Waals surface area contributed by atoms with Gasteiger partial charge in [-0.25, -0.2) is 4.99 Å². The van der Waals surface area contributed by atoms with Gasteiger partial charge in [-0.05, 0) is 12.8 Å². The average molecular weight is 292 g/mol. The highest BCUT2D eigenvalue weighted by molar-refractivity contribution is 14.1. The summed E-state index contributed by atoms with van der Waals surface area (Å²) in [5.74, 6) is 0.976. The fraction of sp³-hybridized carbons (Fsp3) is 0.667. The molecule has 0 spiro atoms. The highest BCUT2D eigenvalue weighted by atomic mass is 127.